The molecule has 5 amide bonds. The number of urea groups is 1. The minimum absolute atomic E-state index is 0.0700. The first kappa shape index (κ1) is 18.9. The highest BCUT2D eigenvalue weighted by Crippen LogP contribution is 2.20. The molecule has 0 aliphatic carbocycles. The lowest BCUT2D eigenvalue weighted by Gasteiger charge is -2.13. The largest absolute Gasteiger partial charge is 0.334 e. The quantitative estimate of drug-likeness (QED) is 0.472. The van der Waals surface area contributed by atoms with Crippen LogP contribution in [0.3, 0.4) is 0 Å². The molecule has 9 nitrogen and oxygen atoms in total. The standard InChI is InChI=1S/C19H17N5O4/c1-2-23-17(26)18(27)24(19(23)28)12-16(25)20-13-8-10-15(11-9-13)22-21-14-6-4-3-5-7-14/h3-11H,2,12H2,1H3,(H,20,25). The first-order chi connectivity index (χ1) is 13.5. The van der Waals surface area contributed by atoms with Gasteiger partial charge in [-0.2, -0.15) is 10.2 Å². The zero-order valence-corrected chi connectivity index (χ0v) is 15.0. The molecule has 0 bridgehead atoms. The van der Waals surface area contributed by atoms with Crippen molar-refractivity contribution in [2.75, 3.05) is 18.4 Å². The number of likely N-dealkylation sites (N-methyl/N-ethyl adjacent to an activating group) is 1. The summed E-state index contributed by atoms with van der Waals surface area (Å²) in [7, 11) is 0. The van der Waals surface area contributed by atoms with Crippen molar-refractivity contribution in [3.8, 4) is 0 Å². The van der Waals surface area contributed by atoms with Crippen molar-refractivity contribution in [1.29, 1.82) is 0 Å². The van der Waals surface area contributed by atoms with Crippen LogP contribution in [0.2, 0.25) is 0 Å². The average Bonchev–Trinajstić information content (AvgIpc) is 2.91. The maximum atomic E-state index is 12.1. The van der Waals surface area contributed by atoms with Crippen LogP contribution < -0.4 is 5.32 Å². The van der Waals surface area contributed by atoms with Gasteiger partial charge in [-0.05, 0) is 43.3 Å². The van der Waals surface area contributed by atoms with Gasteiger partial charge in [-0.1, -0.05) is 18.2 Å². The van der Waals surface area contributed by atoms with Crippen LogP contribution in [-0.4, -0.2) is 46.6 Å². The van der Waals surface area contributed by atoms with E-state index in [9.17, 15) is 19.2 Å². The summed E-state index contributed by atoms with van der Waals surface area (Å²) in [5.74, 6) is -2.52. The Balaban J connectivity index is 1.59. The highest BCUT2D eigenvalue weighted by Gasteiger charge is 2.44. The van der Waals surface area contributed by atoms with Gasteiger partial charge in [-0.25, -0.2) is 9.69 Å². The molecule has 0 atom stereocenters. The fraction of sp³-hybridized carbons (Fsp3) is 0.158. The predicted octanol–water partition coefficient (Wildman–Crippen LogP) is 2.85. The van der Waals surface area contributed by atoms with Gasteiger partial charge in [0, 0.05) is 12.2 Å². The van der Waals surface area contributed by atoms with E-state index in [1.807, 2.05) is 30.3 Å². The normalized spacial score (nSPS) is 14.2. The zero-order chi connectivity index (χ0) is 20.1. The van der Waals surface area contributed by atoms with E-state index in [1.165, 1.54) is 0 Å². The topological polar surface area (TPSA) is 112 Å². The molecule has 0 saturated carbocycles. The molecule has 1 fully saturated rings. The van der Waals surface area contributed by atoms with Crippen molar-refractivity contribution >= 4 is 40.8 Å². The summed E-state index contributed by atoms with van der Waals surface area (Å²) in [5, 5.41) is 10.8. The van der Waals surface area contributed by atoms with Crippen LogP contribution in [0.4, 0.5) is 21.9 Å². The third kappa shape index (κ3) is 4.09. The number of carbonyl (C=O) groups is 4. The summed E-state index contributed by atoms with van der Waals surface area (Å²) in [5.41, 5.74) is 1.77. The van der Waals surface area contributed by atoms with Crippen molar-refractivity contribution in [3.05, 3.63) is 54.6 Å². The highest BCUT2D eigenvalue weighted by molar-refractivity contribution is 6.45. The van der Waals surface area contributed by atoms with Gasteiger partial charge in [0.1, 0.15) is 6.54 Å². The van der Waals surface area contributed by atoms with Gasteiger partial charge >= 0.3 is 17.8 Å². The fourth-order valence-electron chi connectivity index (χ4n) is 2.53. The van der Waals surface area contributed by atoms with Crippen LogP contribution in [0.25, 0.3) is 0 Å². The van der Waals surface area contributed by atoms with Gasteiger partial charge in [-0.3, -0.25) is 19.3 Å². The fourth-order valence-corrected chi connectivity index (χ4v) is 2.53. The first-order valence-electron chi connectivity index (χ1n) is 8.53. The van der Waals surface area contributed by atoms with Gasteiger partial charge in [0.15, 0.2) is 0 Å². The van der Waals surface area contributed by atoms with Gasteiger partial charge in [0.25, 0.3) is 0 Å². The maximum Gasteiger partial charge on any atom is 0.334 e. The van der Waals surface area contributed by atoms with Gasteiger partial charge < -0.3 is 5.32 Å². The molecule has 3 rings (SSSR count). The van der Waals surface area contributed by atoms with E-state index in [-0.39, 0.29) is 6.54 Å². The molecule has 0 spiro atoms. The van der Waals surface area contributed by atoms with Gasteiger partial charge in [-0.15, -0.1) is 0 Å². The Morgan fingerprint density at radius 1 is 0.857 bits per heavy atom. The summed E-state index contributed by atoms with van der Waals surface area (Å²) in [6, 6.07) is 15.0. The number of hydrogen-bond donors (Lipinski definition) is 1. The Morgan fingerprint density at radius 2 is 1.43 bits per heavy atom. The van der Waals surface area contributed by atoms with Crippen molar-refractivity contribution in [1.82, 2.24) is 9.80 Å². The molecule has 9 heteroatoms. The van der Waals surface area contributed by atoms with Crippen LogP contribution in [-0.2, 0) is 14.4 Å². The Kier molecular flexibility index (Phi) is 5.54. The van der Waals surface area contributed by atoms with Crippen molar-refractivity contribution < 1.29 is 19.2 Å². The molecule has 0 unspecified atom stereocenters. The molecular formula is C19H17N5O4. The van der Waals surface area contributed by atoms with E-state index in [0.717, 1.165) is 10.6 Å². The SMILES string of the molecule is CCN1C(=O)C(=O)N(CC(=O)Nc2ccc(N=Nc3ccccc3)cc2)C1=O. The molecule has 142 valence electrons. The highest BCUT2D eigenvalue weighted by atomic mass is 16.2. The summed E-state index contributed by atoms with van der Waals surface area (Å²) in [6.45, 7) is 1.11. The summed E-state index contributed by atoms with van der Waals surface area (Å²) in [4.78, 5) is 49.0. The Labute approximate surface area is 160 Å². The number of amides is 5. The van der Waals surface area contributed by atoms with Crippen LogP contribution in [0.15, 0.2) is 64.8 Å². The van der Waals surface area contributed by atoms with Gasteiger partial charge in [0.2, 0.25) is 5.91 Å². The zero-order valence-electron chi connectivity index (χ0n) is 15.0. The predicted molar refractivity (Wildman–Crippen MR) is 100 cm³/mol. The summed E-state index contributed by atoms with van der Waals surface area (Å²) < 4.78 is 0. The third-order valence-electron chi connectivity index (χ3n) is 3.94. The van der Waals surface area contributed by atoms with E-state index >= 15 is 0 Å². The second-order valence-corrected chi connectivity index (χ2v) is 5.85. The maximum absolute atomic E-state index is 12.1. The number of imide groups is 2. The van der Waals surface area contributed by atoms with Crippen LogP contribution >= 0.6 is 0 Å². The molecule has 1 saturated heterocycles. The van der Waals surface area contributed by atoms with E-state index in [1.54, 1.807) is 31.2 Å². The van der Waals surface area contributed by atoms with Crippen molar-refractivity contribution in [3.63, 3.8) is 0 Å². The Morgan fingerprint density at radius 3 is 2.00 bits per heavy atom. The molecule has 2 aromatic carbocycles. The van der Waals surface area contributed by atoms with Crippen LogP contribution in [0, 0.1) is 0 Å². The number of nitrogens with zero attached hydrogens (tertiary/aromatic N) is 4. The molecule has 2 aromatic rings. The molecule has 0 radical (unpaired) electrons. The molecule has 0 aromatic heterocycles. The molecule has 1 heterocycles. The van der Waals surface area contributed by atoms with E-state index in [2.05, 4.69) is 15.5 Å². The van der Waals surface area contributed by atoms with Crippen LogP contribution in [0.5, 0.6) is 0 Å². The minimum atomic E-state index is -1.00. The summed E-state index contributed by atoms with van der Waals surface area (Å²) >= 11 is 0. The molecule has 1 aliphatic rings. The number of anilines is 1. The number of carbonyl (C=O) groups excluding carboxylic acids is 4. The number of nitrogens with one attached hydrogen (secondary N) is 1. The number of benzene rings is 2. The number of hydrogen-bond acceptors (Lipinski definition) is 6. The second kappa shape index (κ2) is 8.21. The van der Waals surface area contributed by atoms with E-state index in [4.69, 9.17) is 0 Å². The minimum Gasteiger partial charge on any atom is -0.325 e. The Bertz CT molecular complexity index is 941. The molecule has 28 heavy (non-hydrogen) atoms. The third-order valence-corrected chi connectivity index (χ3v) is 3.94. The average molecular weight is 379 g/mol. The summed E-state index contributed by atoms with van der Waals surface area (Å²) in [6.07, 6.45) is 0. The van der Waals surface area contributed by atoms with E-state index in [0.29, 0.717) is 16.3 Å². The van der Waals surface area contributed by atoms with Crippen LogP contribution in [0.1, 0.15) is 6.92 Å². The lowest BCUT2D eigenvalue weighted by atomic mass is 10.3. The molecular weight excluding hydrogens is 362 g/mol. The first-order valence-corrected chi connectivity index (χ1v) is 8.53. The number of rotatable bonds is 6. The molecule has 1 N–H and O–H groups in total. The molecule has 1 aliphatic heterocycles. The second-order valence-electron chi connectivity index (χ2n) is 5.85. The smallest absolute Gasteiger partial charge is 0.325 e. The monoisotopic (exact) mass is 379 g/mol. The Hall–Kier alpha value is -3.88. The van der Waals surface area contributed by atoms with Gasteiger partial charge in [0.05, 0.1) is 11.4 Å². The number of azo groups is 1. The van der Waals surface area contributed by atoms with Crippen molar-refractivity contribution in [2.24, 2.45) is 10.2 Å². The van der Waals surface area contributed by atoms with E-state index < -0.39 is 30.3 Å². The lowest BCUT2D eigenvalue weighted by Crippen LogP contribution is -2.38. The lowest BCUT2D eigenvalue weighted by molar-refractivity contribution is -0.143. The van der Waals surface area contributed by atoms with Crippen molar-refractivity contribution in [2.45, 2.75) is 6.92 Å².